The first-order valence-corrected chi connectivity index (χ1v) is 6.05. The summed E-state index contributed by atoms with van der Waals surface area (Å²) >= 11 is 0. The van der Waals surface area contributed by atoms with Gasteiger partial charge in [-0.1, -0.05) is 13.3 Å². The van der Waals surface area contributed by atoms with Gasteiger partial charge in [0.1, 0.15) is 0 Å². The molecule has 17 heavy (non-hydrogen) atoms. The summed E-state index contributed by atoms with van der Waals surface area (Å²) in [4.78, 5) is 21.4. The van der Waals surface area contributed by atoms with E-state index in [1.807, 2.05) is 6.92 Å². The summed E-state index contributed by atoms with van der Waals surface area (Å²) in [6, 6.07) is 0. The molecular formula is C12H22O5. The molecular weight excluding hydrogens is 224 g/mol. The molecule has 0 saturated carbocycles. The number of carbonyl (C=O) groups is 2. The van der Waals surface area contributed by atoms with Crippen molar-refractivity contribution in [2.24, 2.45) is 5.92 Å². The van der Waals surface area contributed by atoms with Gasteiger partial charge in [-0.05, 0) is 26.2 Å². The number of hydrogen-bond donors (Lipinski definition) is 2. The van der Waals surface area contributed by atoms with Crippen LogP contribution in [0.2, 0.25) is 0 Å². The molecule has 0 rings (SSSR count). The van der Waals surface area contributed by atoms with Crippen molar-refractivity contribution in [1.29, 1.82) is 0 Å². The van der Waals surface area contributed by atoms with Crippen LogP contribution in [0.15, 0.2) is 0 Å². The highest BCUT2D eigenvalue weighted by atomic mass is 16.5. The van der Waals surface area contributed by atoms with Crippen molar-refractivity contribution in [2.45, 2.75) is 52.1 Å². The molecule has 100 valence electrons. The van der Waals surface area contributed by atoms with Crippen LogP contribution in [0.4, 0.5) is 0 Å². The van der Waals surface area contributed by atoms with Crippen molar-refractivity contribution in [2.75, 3.05) is 6.61 Å². The monoisotopic (exact) mass is 246 g/mol. The zero-order valence-electron chi connectivity index (χ0n) is 10.5. The van der Waals surface area contributed by atoms with Gasteiger partial charge in [0, 0.05) is 13.0 Å². The summed E-state index contributed by atoms with van der Waals surface area (Å²) in [5.74, 6) is -2.43. The fourth-order valence-electron chi connectivity index (χ4n) is 1.56. The number of aliphatic carboxylic acids is 2. The molecule has 0 aromatic carbocycles. The van der Waals surface area contributed by atoms with E-state index in [1.165, 1.54) is 0 Å². The Labute approximate surface area is 102 Å². The quantitative estimate of drug-likeness (QED) is 0.577. The van der Waals surface area contributed by atoms with Gasteiger partial charge < -0.3 is 14.9 Å². The minimum atomic E-state index is -0.917. The fourth-order valence-corrected chi connectivity index (χ4v) is 1.56. The molecule has 2 atom stereocenters. The van der Waals surface area contributed by atoms with Gasteiger partial charge in [-0.2, -0.15) is 0 Å². The molecule has 0 amide bonds. The minimum absolute atomic E-state index is 0.00542. The van der Waals surface area contributed by atoms with Crippen LogP contribution >= 0.6 is 0 Å². The number of carboxylic acid groups (broad SMARTS) is 2. The molecule has 0 heterocycles. The van der Waals surface area contributed by atoms with E-state index < -0.39 is 17.9 Å². The number of carboxylic acids is 2. The normalized spacial score (nSPS) is 14.2. The van der Waals surface area contributed by atoms with Gasteiger partial charge in [0.15, 0.2) is 0 Å². The van der Waals surface area contributed by atoms with Crippen LogP contribution in [0.5, 0.6) is 0 Å². The van der Waals surface area contributed by atoms with Crippen LogP contribution in [0.25, 0.3) is 0 Å². The second kappa shape index (κ2) is 8.98. The molecule has 0 spiro atoms. The summed E-state index contributed by atoms with van der Waals surface area (Å²) in [5.41, 5.74) is 0. The predicted molar refractivity (Wildman–Crippen MR) is 62.9 cm³/mol. The van der Waals surface area contributed by atoms with E-state index in [-0.39, 0.29) is 12.5 Å². The number of unbranched alkanes of at least 4 members (excludes halogenated alkanes) is 1. The summed E-state index contributed by atoms with van der Waals surface area (Å²) in [7, 11) is 0. The van der Waals surface area contributed by atoms with Gasteiger partial charge in [0.2, 0.25) is 0 Å². The van der Waals surface area contributed by atoms with Crippen LogP contribution in [-0.2, 0) is 14.3 Å². The van der Waals surface area contributed by atoms with Crippen molar-refractivity contribution >= 4 is 11.9 Å². The molecule has 0 radical (unpaired) electrons. The van der Waals surface area contributed by atoms with Crippen molar-refractivity contribution < 1.29 is 24.5 Å². The summed E-state index contributed by atoms with van der Waals surface area (Å²) < 4.78 is 5.44. The van der Waals surface area contributed by atoms with E-state index >= 15 is 0 Å². The van der Waals surface area contributed by atoms with Crippen molar-refractivity contribution in [1.82, 2.24) is 0 Å². The molecule has 0 aliphatic carbocycles. The Morgan fingerprint density at radius 1 is 1.24 bits per heavy atom. The molecule has 2 N–H and O–H groups in total. The van der Waals surface area contributed by atoms with Gasteiger partial charge in [0.25, 0.3) is 0 Å². The van der Waals surface area contributed by atoms with E-state index in [0.717, 1.165) is 12.8 Å². The van der Waals surface area contributed by atoms with E-state index in [2.05, 4.69) is 0 Å². The lowest BCUT2D eigenvalue weighted by atomic mass is 9.97. The molecule has 5 nitrogen and oxygen atoms in total. The number of hydrogen-bond acceptors (Lipinski definition) is 3. The Morgan fingerprint density at radius 3 is 2.35 bits per heavy atom. The Bertz CT molecular complexity index is 239. The third-order valence-corrected chi connectivity index (χ3v) is 2.67. The highest BCUT2D eigenvalue weighted by molar-refractivity contribution is 5.71. The van der Waals surface area contributed by atoms with Gasteiger partial charge >= 0.3 is 11.9 Å². The molecule has 5 heteroatoms. The fraction of sp³-hybridized carbons (Fsp3) is 0.833. The molecule has 2 unspecified atom stereocenters. The average Bonchev–Trinajstić information content (AvgIpc) is 2.23. The third-order valence-electron chi connectivity index (χ3n) is 2.67. The smallest absolute Gasteiger partial charge is 0.309 e. The Hall–Kier alpha value is -1.10. The van der Waals surface area contributed by atoms with Crippen LogP contribution in [0, 0.1) is 5.92 Å². The zero-order chi connectivity index (χ0) is 13.3. The van der Waals surface area contributed by atoms with Crippen LogP contribution in [-0.4, -0.2) is 34.9 Å². The zero-order valence-corrected chi connectivity index (χ0v) is 10.5. The first-order chi connectivity index (χ1) is 7.99. The topological polar surface area (TPSA) is 83.8 Å². The van der Waals surface area contributed by atoms with Crippen molar-refractivity contribution in [3.05, 3.63) is 0 Å². The maximum absolute atomic E-state index is 11.0. The lowest BCUT2D eigenvalue weighted by Crippen LogP contribution is -2.28. The molecule has 0 aromatic rings. The summed E-state index contributed by atoms with van der Waals surface area (Å²) in [6.07, 6.45) is 2.26. The second-order valence-corrected chi connectivity index (χ2v) is 4.16. The molecule has 0 saturated heterocycles. The van der Waals surface area contributed by atoms with Crippen LogP contribution < -0.4 is 0 Å². The number of rotatable bonds is 10. The van der Waals surface area contributed by atoms with Gasteiger partial charge in [-0.3, -0.25) is 9.59 Å². The van der Waals surface area contributed by atoms with Crippen molar-refractivity contribution in [3.8, 4) is 0 Å². The van der Waals surface area contributed by atoms with Gasteiger partial charge in [-0.25, -0.2) is 0 Å². The number of ether oxygens (including phenoxy) is 1. The standard InChI is InChI=1S/C12H22O5/c1-3-4-8-17-9(2)10(12(15)16)6-5-7-11(13)14/h9-10H,3-8H2,1-2H3,(H,13,14)(H,15,16). The van der Waals surface area contributed by atoms with E-state index in [0.29, 0.717) is 19.4 Å². The Morgan fingerprint density at radius 2 is 1.88 bits per heavy atom. The maximum Gasteiger partial charge on any atom is 0.309 e. The Balaban J connectivity index is 4.03. The molecule has 0 aliphatic heterocycles. The lowest BCUT2D eigenvalue weighted by molar-refractivity contribution is -0.148. The minimum Gasteiger partial charge on any atom is -0.481 e. The molecule has 0 bridgehead atoms. The largest absolute Gasteiger partial charge is 0.481 e. The second-order valence-electron chi connectivity index (χ2n) is 4.16. The van der Waals surface area contributed by atoms with Crippen molar-refractivity contribution in [3.63, 3.8) is 0 Å². The van der Waals surface area contributed by atoms with E-state index in [9.17, 15) is 9.59 Å². The van der Waals surface area contributed by atoms with E-state index in [1.54, 1.807) is 6.92 Å². The predicted octanol–water partition coefficient (Wildman–Crippen LogP) is 2.15. The Kier molecular flexibility index (Phi) is 8.40. The average molecular weight is 246 g/mol. The maximum atomic E-state index is 11.0. The summed E-state index contributed by atoms with van der Waals surface area (Å²) in [6.45, 7) is 4.32. The molecule has 0 fully saturated rings. The van der Waals surface area contributed by atoms with Gasteiger partial charge in [0.05, 0.1) is 12.0 Å². The summed E-state index contributed by atoms with van der Waals surface area (Å²) in [5, 5.41) is 17.5. The highest BCUT2D eigenvalue weighted by Crippen LogP contribution is 2.16. The highest BCUT2D eigenvalue weighted by Gasteiger charge is 2.25. The third kappa shape index (κ3) is 7.74. The molecule has 0 aromatic heterocycles. The SMILES string of the molecule is CCCCOC(C)C(CCCC(=O)O)C(=O)O. The lowest BCUT2D eigenvalue weighted by Gasteiger charge is -2.20. The molecule has 0 aliphatic rings. The van der Waals surface area contributed by atoms with E-state index in [4.69, 9.17) is 14.9 Å². The first-order valence-electron chi connectivity index (χ1n) is 6.05. The first kappa shape index (κ1) is 15.9. The van der Waals surface area contributed by atoms with Gasteiger partial charge in [-0.15, -0.1) is 0 Å². The van der Waals surface area contributed by atoms with Crippen LogP contribution in [0.3, 0.4) is 0 Å². The van der Waals surface area contributed by atoms with Crippen LogP contribution in [0.1, 0.15) is 46.0 Å².